The minimum Gasteiger partial charge on any atom is -0.506 e. The predicted molar refractivity (Wildman–Crippen MR) is 120 cm³/mol. The van der Waals surface area contributed by atoms with Gasteiger partial charge in [-0.05, 0) is 42.3 Å². The zero-order valence-electron chi connectivity index (χ0n) is 16.8. The zero-order chi connectivity index (χ0) is 22.5. The van der Waals surface area contributed by atoms with E-state index < -0.39 is 21.3 Å². The lowest BCUT2D eigenvalue weighted by molar-refractivity contribution is 0.477. The second kappa shape index (κ2) is 7.27. The molecule has 4 aromatic rings. The van der Waals surface area contributed by atoms with E-state index in [1.165, 1.54) is 16.8 Å². The third-order valence-corrected chi connectivity index (χ3v) is 6.47. The quantitative estimate of drug-likeness (QED) is 0.494. The van der Waals surface area contributed by atoms with Crippen molar-refractivity contribution in [1.29, 1.82) is 0 Å². The van der Waals surface area contributed by atoms with Crippen LogP contribution in [0.15, 0.2) is 75.1 Å². The van der Waals surface area contributed by atoms with Crippen molar-refractivity contribution in [3.05, 3.63) is 88.1 Å². The molecule has 0 bridgehead atoms. The van der Waals surface area contributed by atoms with Gasteiger partial charge in [-0.3, -0.25) is 14.3 Å². The maximum absolute atomic E-state index is 13.5. The molecule has 1 aliphatic rings. The Hall–Kier alpha value is -4.05. The van der Waals surface area contributed by atoms with E-state index in [0.29, 0.717) is 5.39 Å². The molecule has 0 saturated heterocycles. The lowest BCUT2D eigenvalue weighted by Gasteiger charge is -2.20. The molecule has 2 N–H and O–H groups in total. The number of aromatic hydroxyl groups is 1. The van der Waals surface area contributed by atoms with E-state index in [1.807, 2.05) is 13.0 Å². The van der Waals surface area contributed by atoms with Crippen molar-refractivity contribution >= 4 is 32.6 Å². The normalized spacial score (nSPS) is 14.5. The molecule has 3 aromatic heterocycles. The number of benzene rings is 1. The zero-order valence-corrected chi connectivity index (χ0v) is 17.7. The molecular weight excluding hydrogens is 430 g/mol. The maximum Gasteiger partial charge on any atom is 0.286 e. The van der Waals surface area contributed by atoms with E-state index in [9.17, 15) is 18.3 Å². The topological polar surface area (TPSA) is 127 Å². The molecule has 10 heteroatoms. The molecule has 0 unspecified atom stereocenters. The Bertz CT molecular complexity index is 1590. The number of aromatic nitrogens is 3. The van der Waals surface area contributed by atoms with Gasteiger partial charge in [0.15, 0.2) is 5.84 Å². The Labute approximate surface area is 182 Å². The third-order valence-electron chi connectivity index (χ3n) is 5.13. The maximum atomic E-state index is 13.5. The van der Waals surface area contributed by atoms with Crippen LogP contribution in [0.2, 0.25) is 0 Å². The summed E-state index contributed by atoms with van der Waals surface area (Å²) < 4.78 is 30.6. The minimum atomic E-state index is -4.06. The highest BCUT2D eigenvalue weighted by atomic mass is 32.2. The molecule has 0 saturated carbocycles. The molecule has 9 nitrogen and oxygen atoms in total. The molecule has 5 rings (SSSR count). The molecule has 0 spiro atoms. The second-order valence-electron chi connectivity index (χ2n) is 7.40. The SMILES string of the molecule is Cc1cncc(Cn2c(=O)c(C3=NS(=O)(=O)c4ccccc4N3)c(O)c3cccnc32)c1. The van der Waals surface area contributed by atoms with Crippen molar-refractivity contribution in [3.63, 3.8) is 0 Å². The monoisotopic (exact) mass is 447 g/mol. The van der Waals surface area contributed by atoms with Crippen LogP contribution in [0.4, 0.5) is 5.69 Å². The summed E-state index contributed by atoms with van der Waals surface area (Å²) >= 11 is 0. The molecular formula is C22H17N5O4S. The van der Waals surface area contributed by atoms with Gasteiger partial charge in [-0.25, -0.2) is 4.98 Å². The van der Waals surface area contributed by atoms with Crippen LogP contribution in [0.3, 0.4) is 0 Å². The first-order chi connectivity index (χ1) is 15.3. The van der Waals surface area contributed by atoms with Gasteiger partial charge in [0.05, 0.1) is 17.6 Å². The summed E-state index contributed by atoms with van der Waals surface area (Å²) in [5.41, 5.74) is 1.34. The van der Waals surface area contributed by atoms with Gasteiger partial charge < -0.3 is 10.4 Å². The minimum absolute atomic E-state index is 0.00291. The van der Waals surface area contributed by atoms with Crippen LogP contribution in [0, 0.1) is 6.92 Å². The van der Waals surface area contributed by atoms with Gasteiger partial charge in [-0.15, -0.1) is 4.40 Å². The van der Waals surface area contributed by atoms with Crippen molar-refractivity contribution in [2.45, 2.75) is 18.4 Å². The number of rotatable bonds is 3. The van der Waals surface area contributed by atoms with E-state index in [2.05, 4.69) is 19.7 Å². The van der Waals surface area contributed by atoms with E-state index >= 15 is 0 Å². The van der Waals surface area contributed by atoms with Crippen LogP contribution in [-0.2, 0) is 16.6 Å². The van der Waals surface area contributed by atoms with Crippen LogP contribution in [-0.4, -0.2) is 33.9 Å². The van der Waals surface area contributed by atoms with Gasteiger partial charge in [-0.2, -0.15) is 8.42 Å². The van der Waals surface area contributed by atoms with Crippen LogP contribution >= 0.6 is 0 Å². The van der Waals surface area contributed by atoms with Gasteiger partial charge in [0.1, 0.15) is 21.9 Å². The number of fused-ring (bicyclic) bond motifs is 2. The van der Waals surface area contributed by atoms with E-state index in [-0.39, 0.29) is 34.2 Å². The fraction of sp³-hybridized carbons (Fsp3) is 0.0909. The average molecular weight is 447 g/mol. The Kier molecular flexibility index (Phi) is 4.52. The number of aryl methyl sites for hydroxylation is 1. The van der Waals surface area contributed by atoms with Crippen molar-refractivity contribution in [3.8, 4) is 5.75 Å². The molecule has 0 aliphatic carbocycles. The van der Waals surface area contributed by atoms with E-state index in [4.69, 9.17) is 0 Å². The highest BCUT2D eigenvalue weighted by Crippen LogP contribution is 2.31. The Balaban J connectivity index is 1.77. The molecule has 4 heterocycles. The summed E-state index contributed by atoms with van der Waals surface area (Å²) in [6.07, 6.45) is 4.86. The van der Waals surface area contributed by atoms with E-state index in [0.717, 1.165) is 11.1 Å². The summed E-state index contributed by atoms with van der Waals surface area (Å²) in [6.45, 7) is 2.02. The fourth-order valence-electron chi connectivity index (χ4n) is 3.73. The number of anilines is 1. The molecule has 0 atom stereocenters. The molecule has 1 aromatic carbocycles. The highest BCUT2D eigenvalue weighted by molar-refractivity contribution is 7.90. The number of nitrogens with zero attached hydrogens (tertiary/aromatic N) is 4. The van der Waals surface area contributed by atoms with Crippen molar-refractivity contribution in [2.24, 2.45) is 4.40 Å². The Morgan fingerprint density at radius 2 is 1.94 bits per heavy atom. The number of hydrogen-bond donors (Lipinski definition) is 2. The first-order valence-electron chi connectivity index (χ1n) is 9.67. The van der Waals surface area contributed by atoms with Gasteiger partial charge in [0.25, 0.3) is 15.6 Å². The number of amidine groups is 1. The largest absolute Gasteiger partial charge is 0.506 e. The summed E-state index contributed by atoms with van der Waals surface area (Å²) in [5, 5.41) is 14.1. The molecule has 0 fully saturated rings. The molecule has 32 heavy (non-hydrogen) atoms. The molecule has 1 aliphatic heterocycles. The number of hydrogen-bond acceptors (Lipinski definition) is 7. The lowest BCUT2D eigenvalue weighted by atomic mass is 10.1. The standard InChI is InChI=1S/C22H17N5O4S/c1-13-9-14(11-23-10-13)12-27-21-15(5-4-8-24-21)19(28)18(22(27)29)20-25-16-6-2-3-7-17(16)32(30,31)26-20/h2-11,28H,12H2,1H3,(H,25,26). The number of para-hydroxylation sites is 1. The Morgan fingerprint density at radius 3 is 2.75 bits per heavy atom. The predicted octanol–water partition coefficient (Wildman–Crippen LogP) is 2.41. The van der Waals surface area contributed by atoms with Crippen molar-refractivity contribution in [1.82, 2.24) is 14.5 Å². The van der Waals surface area contributed by atoms with Crippen LogP contribution < -0.4 is 10.9 Å². The summed E-state index contributed by atoms with van der Waals surface area (Å²) in [4.78, 5) is 22.0. The molecule has 0 amide bonds. The number of sulfonamides is 1. The molecule has 160 valence electrons. The van der Waals surface area contributed by atoms with Crippen LogP contribution in [0.25, 0.3) is 11.0 Å². The van der Waals surface area contributed by atoms with Crippen molar-refractivity contribution in [2.75, 3.05) is 5.32 Å². The first-order valence-corrected chi connectivity index (χ1v) is 11.1. The van der Waals surface area contributed by atoms with Gasteiger partial charge in [0.2, 0.25) is 0 Å². The molecule has 0 radical (unpaired) electrons. The van der Waals surface area contributed by atoms with Crippen LogP contribution in [0.5, 0.6) is 5.75 Å². The van der Waals surface area contributed by atoms with Gasteiger partial charge in [0, 0.05) is 18.6 Å². The van der Waals surface area contributed by atoms with Gasteiger partial charge >= 0.3 is 0 Å². The second-order valence-corrected chi connectivity index (χ2v) is 8.97. The highest BCUT2D eigenvalue weighted by Gasteiger charge is 2.29. The number of nitrogens with one attached hydrogen (secondary N) is 1. The summed E-state index contributed by atoms with van der Waals surface area (Å²) in [7, 11) is -4.06. The lowest BCUT2D eigenvalue weighted by Crippen LogP contribution is -2.33. The van der Waals surface area contributed by atoms with E-state index in [1.54, 1.807) is 42.7 Å². The first kappa shape index (κ1) is 19.9. The smallest absolute Gasteiger partial charge is 0.286 e. The van der Waals surface area contributed by atoms with Gasteiger partial charge in [-0.1, -0.05) is 18.2 Å². The third kappa shape index (κ3) is 3.21. The average Bonchev–Trinajstić information content (AvgIpc) is 2.76. The van der Waals surface area contributed by atoms with Crippen molar-refractivity contribution < 1.29 is 13.5 Å². The Morgan fingerprint density at radius 1 is 1.12 bits per heavy atom. The summed E-state index contributed by atoms with van der Waals surface area (Å²) in [5.74, 6) is -0.634. The van der Waals surface area contributed by atoms with Crippen LogP contribution in [0.1, 0.15) is 16.7 Å². The fourth-order valence-corrected chi connectivity index (χ4v) is 4.86. The number of pyridine rings is 3. The summed E-state index contributed by atoms with van der Waals surface area (Å²) in [6, 6.07) is 11.4.